The van der Waals surface area contributed by atoms with Gasteiger partial charge < -0.3 is 19.5 Å². The number of carbonyl (C=O) groups is 2. The molecular weight excluding hydrogens is 396 g/mol. The molecular formula is C23H32N4O4. The molecule has 1 aliphatic rings. The van der Waals surface area contributed by atoms with Crippen LogP contribution in [-0.2, 0) is 22.6 Å². The molecule has 2 aromatic rings. The van der Waals surface area contributed by atoms with Crippen LogP contribution < -0.4 is 10.1 Å². The van der Waals surface area contributed by atoms with Crippen LogP contribution in [0.15, 0.2) is 28.8 Å². The largest absolute Gasteiger partial charge is 0.494 e. The summed E-state index contributed by atoms with van der Waals surface area (Å²) in [5, 5.41) is 6.88. The number of hydrogen-bond acceptors (Lipinski definition) is 6. The minimum atomic E-state index is -0.0122. The lowest BCUT2D eigenvalue weighted by Crippen LogP contribution is -2.51. The van der Waals surface area contributed by atoms with Crippen molar-refractivity contribution in [3.05, 3.63) is 46.8 Å². The second-order valence-electron chi connectivity index (χ2n) is 7.91. The monoisotopic (exact) mass is 428 g/mol. The van der Waals surface area contributed by atoms with Crippen LogP contribution in [0.5, 0.6) is 5.75 Å². The predicted octanol–water partition coefficient (Wildman–Crippen LogP) is 2.08. The van der Waals surface area contributed by atoms with Gasteiger partial charge in [0.1, 0.15) is 11.5 Å². The first-order valence-corrected chi connectivity index (χ1v) is 10.9. The molecule has 0 aliphatic carbocycles. The van der Waals surface area contributed by atoms with Gasteiger partial charge in [-0.1, -0.05) is 24.2 Å². The number of rotatable bonds is 9. The summed E-state index contributed by atoms with van der Waals surface area (Å²) in [4.78, 5) is 28.8. The van der Waals surface area contributed by atoms with Crippen molar-refractivity contribution in [2.45, 2.75) is 40.2 Å². The van der Waals surface area contributed by atoms with Crippen LogP contribution in [0.4, 0.5) is 0 Å². The normalized spacial score (nSPS) is 14.5. The van der Waals surface area contributed by atoms with E-state index in [0.29, 0.717) is 58.1 Å². The van der Waals surface area contributed by atoms with Gasteiger partial charge in [-0.3, -0.25) is 14.5 Å². The molecule has 1 aromatic heterocycles. The van der Waals surface area contributed by atoms with Crippen LogP contribution in [-0.4, -0.2) is 66.1 Å². The fourth-order valence-electron chi connectivity index (χ4n) is 3.56. The van der Waals surface area contributed by atoms with Crippen LogP contribution in [0.25, 0.3) is 0 Å². The molecule has 0 spiro atoms. The number of benzene rings is 1. The minimum absolute atomic E-state index is 0.0122. The Morgan fingerprint density at radius 1 is 1.13 bits per heavy atom. The Morgan fingerprint density at radius 3 is 2.45 bits per heavy atom. The van der Waals surface area contributed by atoms with Crippen molar-refractivity contribution in [3.8, 4) is 5.75 Å². The van der Waals surface area contributed by atoms with E-state index in [-0.39, 0.29) is 11.8 Å². The van der Waals surface area contributed by atoms with Gasteiger partial charge in [-0.25, -0.2) is 0 Å². The quantitative estimate of drug-likeness (QED) is 0.658. The average Bonchev–Trinajstić information content (AvgIpc) is 3.09. The summed E-state index contributed by atoms with van der Waals surface area (Å²) < 4.78 is 10.7. The summed E-state index contributed by atoms with van der Waals surface area (Å²) in [5.74, 6) is 1.61. The number of ether oxygens (including phenoxy) is 1. The zero-order valence-corrected chi connectivity index (χ0v) is 18.6. The highest BCUT2D eigenvalue weighted by Gasteiger charge is 2.24. The van der Waals surface area contributed by atoms with E-state index in [9.17, 15) is 9.59 Å². The highest BCUT2D eigenvalue weighted by atomic mass is 16.5. The molecule has 2 heterocycles. The predicted molar refractivity (Wildman–Crippen MR) is 117 cm³/mol. The van der Waals surface area contributed by atoms with Crippen LogP contribution in [0.1, 0.15) is 35.9 Å². The lowest BCUT2D eigenvalue weighted by Gasteiger charge is -2.34. The Morgan fingerprint density at radius 2 is 1.84 bits per heavy atom. The van der Waals surface area contributed by atoms with Crippen LogP contribution in [0.2, 0.25) is 0 Å². The second kappa shape index (κ2) is 10.9. The zero-order valence-electron chi connectivity index (χ0n) is 18.6. The van der Waals surface area contributed by atoms with E-state index < -0.39 is 0 Å². The number of nitrogens with zero attached hydrogens (tertiary/aromatic N) is 3. The standard InChI is InChI=1S/C23H32N4O4/c1-4-13-30-20-7-5-19(6-8-20)15-24-22(28)16-26-9-11-27(12-10-26)23(29)14-21-17(2)25-31-18(21)3/h5-8H,4,9-16H2,1-3H3,(H,24,28). The maximum atomic E-state index is 12.6. The number of amides is 2. The Labute approximate surface area is 183 Å². The molecule has 2 amide bonds. The number of piperazine rings is 1. The van der Waals surface area contributed by atoms with Crippen molar-refractivity contribution in [2.24, 2.45) is 0 Å². The lowest BCUT2D eigenvalue weighted by atomic mass is 10.1. The molecule has 1 aliphatic heterocycles. The average molecular weight is 429 g/mol. The molecule has 31 heavy (non-hydrogen) atoms. The Balaban J connectivity index is 1.37. The Kier molecular flexibility index (Phi) is 8.06. The highest BCUT2D eigenvalue weighted by Crippen LogP contribution is 2.15. The molecule has 0 unspecified atom stereocenters. The van der Waals surface area contributed by atoms with Crippen molar-refractivity contribution >= 4 is 11.8 Å². The third-order valence-electron chi connectivity index (χ3n) is 5.49. The molecule has 168 valence electrons. The Hall–Kier alpha value is -2.87. The van der Waals surface area contributed by atoms with E-state index in [2.05, 4.69) is 22.3 Å². The summed E-state index contributed by atoms with van der Waals surface area (Å²) in [5.41, 5.74) is 2.67. The van der Waals surface area contributed by atoms with Crippen molar-refractivity contribution in [1.29, 1.82) is 0 Å². The van der Waals surface area contributed by atoms with Crippen LogP contribution >= 0.6 is 0 Å². The van der Waals surface area contributed by atoms with Crippen molar-refractivity contribution in [1.82, 2.24) is 20.3 Å². The van der Waals surface area contributed by atoms with Gasteiger partial charge in [0.2, 0.25) is 11.8 Å². The fourth-order valence-corrected chi connectivity index (χ4v) is 3.56. The van der Waals surface area contributed by atoms with E-state index in [1.165, 1.54) is 0 Å². The van der Waals surface area contributed by atoms with Crippen molar-refractivity contribution < 1.29 is 18.8 Å². The molecule has 8 heteroatoms. The zero-order chi connectivity index (χ0) is 22.2. The van der Waals surface area contributed by atoms with Gasteiger partial charge in [0.25, 0.3) is 0 Å². The van der Waals surface area contributed by atoms with Gasteiger partial charge in [-0.2, -0.15) is 0 Å². The van der Waals surface area contributed by atoms with Crippen molar-refractivity contribution in [2.75, 3.05) is 39.3 Å². The number of hydrogen-bond donors (Lipinski definition) is 1. The number of nitrogens with one attached hydrogen (secondary N) is 1. The maximum Gasteiger partial charge on any atom is 0.234 e. The van der Waals surface area contributed by atoms with E-state index in [1.54, 1.807) is 0 Å². The molecule has 0 saturated carbocycles. The van der Waals surface area contributed by atoms with Crippen molar-refractivity contribution in [3.63, 3.8) is 0 Å². The molecule has 8 nitrogen and oxygen atoms in total. The molecule has 1 aromatic carbocycles. The summed E-state index contributed by atoms with van der Waals surface area (Å²) in [6.45, 7) is 9.89. The summed E-state index contributed by atoms with van der Waals surface area (Å²) in [7, 11) is 0. The smallest absolute Gasteiger partial charge is 0.234 e. The Bertz CT molecular complexity index is 851. The van der Waals surface area contributed by atoms with E-state index >= 15 is 0 Å². The van der Waals surface area contributed by atoms with Gasteiger partial charge >= 0.3 is 0 Å². The second-order valence-corrected chi connectivity index (χ2v) is 7.91. The van der Waals surface area contributed by atoms with Gasteiger partial charge in [0.05, 0.1) is 25.3 Å². The molecule has 1 N–H and O–H groups in total. The number of aromatic nitrogens is 1. The number of aryl methyl sites for hydroxylation is 2. The SMILES string of the molecule is CCCOc1ccc(CNC(=O)CN2CCN(C(=O)Cc3c(C)noc3C)CC2)cc1. The van der Waals surface area contributed by atoms with Gasteiger partial charge in [0, 0.05) is 38.3 Å². The number of carbonyl (C=O) groups excluding carboxylic acids is 2. The third-order valence-corrected chi connectivity index (χ3v) is 5.49. The summed E-state index contributed by atoms with van der Waals surface area (Å²) in [6.07, 6.45) is 1.28. The maximum absolute atomic E-state index is 12.6. The first-order valence-electron chi connectivity index (χ1n) is 10.9. The third kappa shape index (κ3) is 6.55. The highest BCUT2D eigenvalue weighted by molar-refractivity contribution is 5.80. The molecule has 1 saturated heterocycles. The van der Waals surface area contributed by atoms with Gasteiger partial charge in [0.15, 0.2) is 0 Å². The lowest BCUT2D eigenvalue weighted by molar-refractivity contribution is -0.132. The summed E-state index contributed by atoms with van der Waals surface area (Å²) in [6, 6.07) is 7.79. The first kappa shape index (κ1) is 22.8. The van der Waals surface area contributed by atoms with Gasteiger partial charge in [-0.05, 0) is 38.0 Å². The first-order chi connectivity index (χ1) is 15.0. The van der Waals surface area contributed by atoms with E-state index in [4.69, 9.17) is 9.26 Å². The van der Waals surface area contributed by atoms with Gasteiger partial charge in [-0.15, -0.1) is 0 Å². The fraction of sp³-hybridized carbons (Fsp3) is 0.522. The van der Waals surface area contributed by atoms with Crippen LogP contribution in [0.3, 0.4) is 0 Å². The molecule has 0 atom stereocenters. The topological polar surface area (TPSA) is 87.9 Å². The molecule has 3 rings (SSSR count). The van der Waals surface area contributed by atoms with Crippen LogP contribution in [0, 0.1) is 13.8 Å². The molecule has 1 fully saturated rings. The molecule has 0 bridgehead atoms. The molecule has 0 radical (unpaired) electrons. The minimum Gasteiger partial charge on any atom is -0.494 e. The van der Waals surface area contributed by atoms with E-state index in [0.717, 1.165) is 29.0 Å². The summed E-state index contributed by atoms with van der Waals surface area (Å²) >= 11 is 0. The van der Waals surface area contributed by atoms with E-state index in [1.807, 2.05) is 43.0 Å².